The molecule has 2 saturated heterocycles. The Balaban J connectivity index is 2.39. The molecule has 1 N–H and O–H groups in total. The Morgan fingerprint density at radius 2 is 2.42 bits per heavy atom. The number of azide groups is 1. The van der Waals surface area contributed by atoms with E-state index in [1.807, 2.05) is 0 Å². The van der Waals surface area contributed by atoms with Crippen LogP contribution in [0.5, 0.6) is 0 Å². The van der Waals surface area contributed by atoms with E-state index in [9.17, 15) is 14.7 Å². The Bertz CT molecular complexity index is 563. The molecule has 0 aromatic rings. The molecule has 0 aromatic heterocycles. The minimum atomic E-state index is -1.92. The minimum absolute atomic E-state index is 0.0562. The molecular formula is C13H17N3O8. The fourth-order valence-corrected chi connectivity index (χ4v) is 2.64. The molecule has 2 aliphatic rings. The molecule has 2 fully saturated rings. The van der Waals surface area contributed by atoms with Gasteiger partial charge >= 0.3 is 12.1 Å². The zero-order valence-electron chi connectivity index (χ0n) is 12.9. The molecule has 0 radical (unpaired) electrons. The lowest BCUT2D eigenvalue weighted by Gasteiger charge is -2.43. The van der Waals surface area contributed by atoms with E-state index in [2.05, 4.69) is 16.6 Å². The Morgan fingerprint density at radius 1 is 1.67 bits per heavy atom. The van der Waals surface area contributed by atoms with Gasteiger partial charge in [-0.25, -0.2) is 9.59 Å². The number of methoxy groups -OCH3 is 1. The maximum Gasteiger partial charge on any atom is 0.509 e. The number of carbonyl (C=O) groups is 2. The molecule has 24 heavy (non-hydrogen) atoms. The molecule has 0 bridgehead atoms. The first-order chi connectivity index (χ1) is 11.5. The molecule has 5 atom stereocenters. The Labute approximate surface area is 136 Å². The van der Waals surface area contributed by atoms with Crippen LogP contribution in [-0.2, 0) is 28.5 Å². The summed E-state index contributed by atoms with van der Waals surface area (Å²) >= 11 is 0. The van der Waals surface area contributed by atoms with E-state index in [0.29, 0.717) is 0 Å². The second kappa shape index (κ2) is 7.49. The van der Waals surface area contributed by atoms with Gasteiger partial charge in [0.1, 0.15) is 6.10 Å². The highest BCUT2D eigenvalue weighted by atomic mass is 16.8. The summed E-state index contributed by atoms with van der Waals surface area (Å²) in [5, 5.41) is 12.9. The molecule has 0 unspecified atom stereocenters. The fraction of sp³-hybridized carbons (Fsp3) is 0.692. The van der Waals surface area contributed by atoms with E-state index in [-0.39, 0.29) is 13.0 Å². The third-order valence-electron chi connectivity index (χ3n) is 3.66. The third kappa shape index (κ3) is 3.29. The van der Waals surface area contributed by atoms with Gasteiger partial charge in [-0.3, -0.25) is 0 Å². The van der Waals surface area contributed by atoms with Crippen LogP contribution < -0.4 is 0 Å². The van der Waals surface area contributed by atoms with Crippen LogP contribution in [0.2, 0.25) is 0 Å². The topological polar surface area (TPSA) is 149 Å². The van der Waals surface area contributed by atoms with Gasteiger partial charge in [-0.15, -0.1) is 6.58 Å². The van der Waals surface area contributed by atoms with E-state index >= 15 is 0 Å². The molecular weight excluding hydrogens is 326 g/mol. The summed E-state index contributed by atoms with van der Waals surface area (Å²) < 4.78 is 25.9. The van der Waals surface area contributed by atoms with Crippen molar-refractivity contribution in [1.29, 1.82) is 0 Å². The quantitative estimate of drug-likeness (QED) is 0.230. The number of nitrogens with zero attached hydrogens (tertiary/aromatic N) is 3. The molecule has 0 saturated carbocycles. The smallest absolute Gasteiger partial charge is 0.465 e. The van der Waals surface area contributed by atoms with E-state index in [1.54, 1.807) is 0 Å². The zero-order chi connectivity index (χ0) is 17.7. The number of ether oxygens (including phenoxy) is 5. The van der Waals surface area contributed by atoms with Crippen molar-refractivity contribution < 1.29 is 38.4 Å². The average molecular weight is 343 g/mol. The summed E-state index contributed by atoms with van der Waals surface area (Å²) in [4.78, 5) is 26.3. The van der Waals surface area contributed by atoms with E-state index in [0.717, 1.165) is 7.11 Å². The summed E-state index contributed by atoms with van der Waals surface area (Å²) in [5.41, 5.74) is 8.63. The molecule has 0 aliphatic carbocycles. The fourth-order valence-electron chi connectivity index (χ4n) is 2.64. The summed E-state index contributed by atoms with van der Waals surface area (Å²) in [6, 6.07) is -1.13. The molecule has 2 rings (SSSR count). The van der Waals surface area contributed by atoms with Crippen LogP contribution in [0.15, 0.2) is 17.8 Å². The number of rotatable bonds is 7. The van der Waals surface area contributed by atoms with Gasteiger partial charge in [0.05, 0.1) is 32.8 Å². The second-order valence-electron chi connectivity index (χ2n) is 5.07. The highest BCUT2D eigenvalue weighted by Crippen LogP contribution is 2.39. The minimum Gasteiger partial charge on any atom is -0.465 e. The van der Waals surface area contributed by atoms with Crippen molar-refractivity contribution in [2.24, 2.45) is 5.11 Å². The molecule has 0 spiro atoms. The van der Waals surface area contributed by atoms with Gasteiger partial charge in [0.15, 0.2) is 12.2 Å². The Kier molecular flexibility index (Phi) is 5.62. The molecule has 2 heterocycles. The number of hydrogen-bond acceptors (Lipinski definition) is 9. The number of esters is 1. The van der Waals surface area contributed by atoms with Crippen LogP contribution in [0.1, 0.15) is 6.42 Å². The molecule has 11 nitrogen and oxygen atoms in total. The lowest BCUT2D eigenvalue weighted by atomic mass is 9.92. The van der Waals surface area contributed by atoms with E-state index < -0.39 is 48.9 Å². The van der Waals surface area contributed by atoms with Gasteiger partial charge in [-0.1, -0.05) is 11.2 Å². The van der Waals surface area contributed by atoms with Crippen molar-refractivity contribution in [3.8, 4) is 0 Å². The van der Waals surface area contributed by atoms with Crippen LogP contribution in [0.4, 0.5) is 4.79 Å². The average Bonchev–Trinajstić information content (AvgIpc) is 2.96. The zero-order valence-corrected chi connectivity index (χ0v) is 12.9. The SMILES string of the molecule is C=CCO[C@]1(C(=O)OC)C[C@H]2OC(=O)O[C@H]2[C@@H]([C@H](CO)N=[N+]=[N-])O1. The largest absolute Gasteiger partial charge is 0.509 e. The highest BCUT2D eigenvalue weighted by molar-refractivity contribution is 5.78. The Hall–Kier alpha value is -2.33. The summed E-state index contributed by atoms with van der Waals surface area (Å²) in [7, 11) is 1.14. The highest BCUT2D eigenvalue weighted by Gasteiger charge is 2.60. The van der Waals surface area contributed by atoms with Gasteiger partial charge in [-0.05, 0) is 5.53 Å². The molecule has 132 valence electrons. The summed E-state index contributed by atoms with van der Waals surface area (Å²) in [5.74, 6) is -2.78. The van der Waals surface area contributed by atoms with Gasteiger partial charge < -0.3 is 28.8 Å². The normalized spacial score (nSPS) is 32.6. The third-order valence-corrected chi connectivity index (χ3v) is 3.66. The van der Waals surface area contributed by atoms with Crippen molar-refractivity contribution in [1.82, 2.24) is 0 Å². The van der Waals surface area contributed by atoms with Crippen LogP contribution in [0.25, 0.3) is 10.4 Å². The van der Waals surface area contributed by atoms with Crippen molar-refractivity contribution in [2.45, 2.75) is 36.6 Å². The van der Waals surface area contributed by atoms with Crippen LogP contribution in [-0.4, -0.2) is 67.7 Å². The first kappa shape index (κ1) is 18.0. The molecule has 2 aliphatic heterocycles. The first-order valence-corrected chi connectivity index (χ1v) is 7.04. The van der Waals surface area contributed by atoms with E-state index in [4.69, 9.17) is 29.2 Å². The number of fused-ring (bicyclic) bond motifs is 1. The lowest BCUT2D eigenvalue weighted by Crippen LogP contribution is -2.61. The molecule has 0 amide bonds. The van der Waals surface area contributed by atoms with Gasteiger partial charge in [0.2, 0.25) is 0 Å². The first-order valence-electron chi connectivity index (χ1n) is 7.04. The Morgan fingerprint density at radius 3 is 3.00 bits per heavy atom. The van der Waals surface area contributed by atoms with Gasteiger partial charge in [0.25, 0.3) is 5.79 Å². The molecule has 0 aromatic carbocycles. The van der Waals surface area contributed by atoms with Crippen molar-refractivity contribution >= 4 is 12.1 Å². The number of aliphatic hydroxyl groups is 1. The van der Waals surface area contributed by atoms with E-state index in [1.165, 1.54) is 6.08 Å². The predicted molar refractivity (Wildman–Crippen MR) is 75.5 cm³/mol. The number of aliphatic hydroxyl groups excluding tert-OH is 1. The van der Waals surface area contributed by atoms with Crippen LogP contribution in [0, 0.1) is 0 Å². The van der Waals surface area contributed by atoms with Crippen LogP contribution >= 0.6 is 0 Å². The number of hydrogen-bond donors (Lipinski definition) is 1. The summed E-state index contributed by atoms with van der Waals surface area (Å²) in [6.07, 6.45) is -2.79. The molecule has 11 heteroatoms. The van der Waals surface area contributed by atoms with Gasteiger partial charge in [-0.2, -0.15) is 0 Å². The standard InChI is InChI=1S/C13H17N3O8/c1-3-4-21-13(11(18)20-2)5-8-10(23-12(19)22-8)9(24-13)7(6-17)15-16-14/h3,7-10,17H,1,4-6H2,2H3/t7-,8+,9+,10+,13+/m0/s1. The second-order valence-corrected chi connectivity index (χ2v) is 5.07. The van der Waals surface area contributed by atoms with Gasteiger partial charge in [0, 0.05) is 4.91 Å². The lowest BCUT2D eigenvalue weighted by molar-refractivity contribution is -0.299. The van der Waals surface area contributed by atoms with Crippen molar-refractivity contribution in [2.75, 3.05) is 20.3 Å². The maximum absolute atomic E-state index is 12.2. The summed E-state index contributed by atoms with van der Waals surface area (Å²) in [6.45, 7) is 2.83. The monoisotopic (exact) mass is 343 g/mol. The van der Waals surface area contributed by atoms with Crippen LogP contribution in [0.3, 0.4) is 0 Å². The maximum atomic E-state index is 12.2. The van der Waals surface area contributed by atoms with Crippen molar-refractivity contribution in [3.63, 3.8) is 0 Å². The van der Waals surface area contributed by atoms with Crippen molar-refractivity contribution in [3.05, 3.63) is 23.1 Å². The number of carbonyl (C=O) groups excluding carboxylic acids is 2. The predicted octanol–water partition coefficient (Wildman–Crippen LogP) is 0.422.